The molecule has 11 heavy (non-hydrogen) atoms. The molecule has 1 aromatic rings. The molecule has 0 heterocycles. The van der Waals surface area contributed by atoms with E-state index in [2.05, 4.69) is 26.0 Å². The minimum atomic E-state index is 1.30. The van der Waals surface area contributed by atoms with E-state index in [0.717, 1.165) is 0 Å². The van der Waals surface area contributed by atoms with Crippen molar-refractivity contribution in [1.82, 2.24) is 0 Å². The first-order valence-corrected chi connectivity index (χ1v) is 4.45. The van der Waals surface area contributed by atoms with Crippen LogP contribution in [0.3, 0.4) is 0 Å². The molecule has 2 rings (SSSR count). The largest absolute Gasteiger partial charge is 0.139 e. The Morgan fingerprint density at radius 2 is 1.73 bits per heavy atom. The summed E-state index contributed by atoms with van der Waals surface area (Å²) in [4.78, 5) is 0. The highest BCUT2D eigenvalue weighted by Crippen LogP contribution is 2.19. The normalized spacial score (nSPS) is 16.0. The summed E-state index contributed by atoms with van der Waals surface area (Å²) in [5, 5.41) is 0. The second-order valence-electron chi connectivity index (χ2n) is 3.48. The lowest BCUT2D eigenvalue weighted by atomic mass is 9.86. The third-order valence-corrected chi connectivity index (χ3v) is 2.50. The van der Waals surface area contributed by atoms with Crippen molar-refractivity contribution in [3.05, 3.63) is 29.3 Å². The molecule has 1 heteroatoms. The summed E-state index contributed by atoms with van der Waals surface area (Å²) in [7, 11) is 2.18. The Bertz CT molecular complexity index is 266. The van der Waals surface area contributed by atoms with Crippen LogP contribution in [0.1, 0.15) is 24.0 Å². The van der Waals surface area contributed by atoms with Crippen LogP contribution < -0.4 is 5.46 Å². The lowest BCUT2D eigenvalue weighted by Gasteiger charge is -2.15. The average Bonchev–Trinajstić information content (AvgIpc) is 2.04. The van der Waals surface area contributed by atoms with Gasteiger partial charge in [-0.05, 0) is 36.8 Å². The number of aryl methyl sites for hydroxylation is 2. The maximum Gasteiger partial charge on any atom is 0.139 e. The van der Waals surface area contributed by atoms with E-state index in [-0.39, 0.29) is 0 Å². The van der Waals surface area contributed by atoms with Gasteiger partial charge < -0.3 is 0 Å². The van der Waals surface area contributed by atoms with Crippen molar-refractivity contribution in [2.75, 3.05) is 0 Å². The number of rotatable bonds is 0. The smallest absolute Gasteiger partial charge is 0.0887 e. The number of hydrogen-bond donors (Lipinski definition) is 0. The van der Waals surface area contributed by atoms with Gasteiger partial charge in [-0.3, -0.25) is 0 Å². The molecule has 0 spiro atoms. The van der Waals surface area contributed by atoms with Gasteiger partial charge in [-0.2, -0.15) is 0 Å². The Morgan fingerprint density at radius 1 is 1.00 bits per heavy atom. The molecule has 0 nitrogen and oxygen atoms in total. The molecule has 0 radical (unpaired) electrons. The van der Waals surface area contributed by atoms with Crippen molar-refractivity contribution < 1.29 is 0 Å². The van der Waals surface area contributed by atoms with Crippen LogP contribution in [0.15, 0.2) is 18.2 Å². The summed E-state index contributed by atoms with van der Waals surface area (Å²) in [6.07, 6.45) is 5.37. The van der Waals surface area contributed by atoms with E-state index in [4.69, 9.17) is 0 Å². The van der Waals surface area contributed by atoms with Gasteiger partial charge in [0.2, 0.25) is 0 Å². The molecule has 0 N–H and O–H groups in total. The van der Waals surface area contributed by atoms with E-state index in [1.54, 1.807) is 11.1 Å². The predicted octanol–water partition coefficient (Wildman–Crippen LogP) is 0.824. The molecule has 1 aliphatic rings. The first-order chi connectivity index (χ1) is 5.36. The van der Waals surface area contributed by atoms with Crippen LogP contribution in [0.25, 0.3) is 0 Å². The maximum atomic E-state index is 2.34. The second-order valence-corrected chi connectivity index (χ2v) is 3.48. The van der Waals surface area contributed by atoms with Gasteiger partial charge in [0.05, 0.1) is 0 Å². The first kappa shape index (κ1) is 6.96. The van der Waals surface area contributed by atoms with Crippen LogP contribution in [0.5, 0.6) is 0 Å². The van der Waals surface area contributed by atoms with Crippen LogP contribution in [0, 0.1) is 0 Å². The van der Waals surface area contributed by atoms with Crippen LogP contribution in [0.4, 0.5) is 0 Å². The topological polar surface area (TPSA) is 0 Å². The summed E-state index contributed by atoms with van der Waals surface area (Å²) in [6.45, 7) is 0. The molecule has 0 amide bonds. The second kappa shape index (κ2) is 2.73. The van der Waals surface area contributed by atoms with Gasteiger partial charge in [0.25, 0.3) is 0 Å². The van der Waals surface area contributed by atoms with E-state index < -0.39 is 0 Å². The van der Waals surface area contributed by atoms with Gasteiger partial charge in [0.1, 0.15) is 7.85 Å². The zero-order chi connectivity index (χ0) is 7.68. The summed E-state index contributed by atoms with van der Waals surface area (Å²) in [5.74, 6) is 0. The van der Waals surface area contributed by atoms with Crippen molar-refractivity contribution in [3.8, 4) is 0 Å². The molecule has 0 atom stereocenters. The molecular weight excluding hydrogens is 131 g/mol. The molecular formula is C10H13B. The fourth-order valence-corrected chi connectivity index (χ4v) is 1.86. The van der Waals surface area contributed by atoms with Crippen molar-refractivity contribution in [1.29, 1.82) is 0 Å². The van der Waals surface area contributed by atoms with Crippen molar-refractivity contribution in [2.45, 2.75) is 25.7 Å². The van der Waals surface area contributed by atoms with Crippen molar-refractivity contribution >= 4 is 13.3 Å². The number of benzene rings is 1. The maximum absolute atomic E-state index is 2.34. The Balaban J connectivity index is 2.43. The van der Waals surface area contributed by atoms with Crippen LogP contribution in [0.2, 0.25) is 0 Å². The average molecular weight is 144 g/mol. The van der Waals surface area contributed by atoms with E-state index in [0.29, 0.717) is 0 Å². The molecule has 0 fully saturated rings. The molecule has 1 aromatic carbocycles. The Hall–Kier alpha value is -0.715. The number of fused-ring (bicyclic) bond motifs is 1. The van der Waals surface area contributed by atoms with Gasteiger partial charge in [-0.1, -0.05) is 23.7 Å². The molecule has 1 aliphatic carbocycles. The highest BCUT2D eigenvalue weighted by Gasteiger charge is 2.07. The predicted molar refractivity (Wildman–Crippen MR) is 51.3 cm³/mol. The summed E-state index contributed by atoms with van der Waals surface area (Å²) >= 11 is 0. The summed E-state index contributed by atoms with van der Waals surface area (Å²) in [5.41, 5.74) is 4.59. The molecule has 0 saturated heterocycles. The van der Waals surface area contributed by atoms with Gasteiger partial charge in [-0.25, -0.2) is 0 Å². The molecule has 0 unspecified atom stereocenters. The lowest BCUT2D eigenvalue weighted by Crippen LogP contribution is -2.09. The summed E-state index contributed by atoms with van der Waals surface area (Å²) in [6, 6.07) is 6.86. The fraction of sp³-hybridized carbons (Fsp3) is 0.400. The molecule has 0 aliphatic heterocycles. The Morgan fingerprint density at radius 3 is 2.55 bits per heavy atom. The van der Waals surface area contributed by atoms with Crippen molar-refractivity contribution in [2.24, 2.45) is 0 Å². The quantitative estimate of drug-likeness (QED) is 0.473. The van der Waals surface area contributed by atoms with E-state index >= 15 is 0 Å². The van der Waals surface area contributed by atoms with Gasteiger partial charge in [-0.15, -0.1) is 0 Å². The zero-order valence-corrected chi connectivity index (χ0v) is 7.06. The zero-order valence-electron chi connectivity index (χ0n) is 7.06. The highest BCUT2D eigenvalue weighted by molar-refractivity contribution is 6.32. The van der Waals surface area contributed by atoms with E-state index in [1.807, 2.05) is 0 Å². The molecule has 0 saturated carbocycles. The Kier molecular flexibility index (Phi) is 1.73. The number of hydrogen-bond acceptors (Lipinski definition) is 0. The molecule has 56 valence electrons. The van der Waals surface area contributed by atoms with E-state index in [1.165, 1.54) is 31.1 Å². The van der Waals surface area contributed by atoms with Gasteiger partial charge in [0, 0.05) is 0 Å². The third-order valence-electron chi connectivity index (χ3n) is 2.50. The summed E-state index contributed by atoms with van der Waals surface area (Å²) < 4.78 is 0. The fourth-order valence-electron chi connectivity index (χ4n) is 1.86. The minimum absolute atomic E-state index is 1.30. The molecule has 0 bridgehead atoms. The first-order valence-electron chi connectivity index (χ1n) is 4.45. The van der Waals surface area contributed by atoms with Crippen LogP contribution in [-0.4, -0.2) is 7.85 Å². The van der Waals surface area contributed by atoms with Crippen molar-refractivity contribution in [3.63, 3.8) is 0 Å². The molecule has 0 aromatic heterocycles. The van der Waals surface area contributed by atoms with Crippen LogP contribution in [-0.2, 0) is 12.8 Å². The van der Waals surface area contributed by atoms with Crippen LogP contribution >= 0.6 is 0 Å². The minimum Gasteiger partial charge on any atom is -0.0887 e. The monoisotopic (exact) mass is 144 g/mol. The van der Waals surface area contributed by atoms with Gasteiger partial charge in [0.15, 0.2) is 0 Å². The SMILES string of the molecule is Bc1ccc2c(c1)CCCC2. The third kappa shape index (κ3) is 1.32. The van der Waals surface area contributed by atoms with E-state index in [9.17, 15) is 0 Å². The van der Waals surface area contributed by atoms with Gasteiger partial charge >= 0.3 is 0 Å². The standard InChI is InChI=1S/C10H13B/c11-10-6-5-8-3-1-2-4-9(8)7-10/h5-7H,1-4,11H2. The Labute approximate surface area is 69.0 Å². The highest BCUT2D eigenvalue weighted by atomic mass is 14.1. The lowest BCUT2D eigenvalue weighted by molar-refractivity contribution is 0.686.